The van der Waals surface area contributed by atoms with Gasteiger partial charge >= 0.3 is 0 Å². The molecule has 2 aromatic carbocycles. The Morgan fingerprint density at radius 3 is 2.70 bits per heavy atom. The molecule has 0 spiro atoms. The molecule has 4 heterocycles. The van der Waals surface area contributed by atoms with Crippen LogP contribution < -0.4 is 11.1 Å². The molecule has 0 aliphatic heterocycles. The number of nitrogens with zero attached hydrogens (tertiary/aromatic N) is 6. The van der Waals surface area contributed by atoms with Gasteiger partial charge in [-0.2, -0.15) is 14.6 Å². The van der Waals surface area contributed by atoms with Crippen LogP contribution in [0, 0.1) is 0 Å². The fourth-order valence-corrected chi connectivity index (χ4v) is 5.12. The Labute approximate surface area is 210 Å². The average Bonchev–Trinajstić information content (AvgIpc) is 3.72. The van der Waals surface area contributed by atoms with E-state index in [1.165, 1.54) is 10.1 Å². The molecule has 1 aliphatic carbocycles. The lowest BCUT2D eigenvalue weighted by Gasteiger charge is -2.22. The maximum atomic E-state index is 13.9. The molecule has 0 saturated carbocycles. The van der Waals surface area contributed by atoms with E-state index in [9.17, 15) is 4.79 Å². The smallest absolute Gasteiger partial charge is 0.250 e. The maximum Gasteiger partial charge on any atom is 0.250 e. The first-order valence-corrected chi connectivity index (χ1v) is 12.0. The normalized spacial score (nSPS) is 15.7. The van der Waals surface area contributed by atoms with Crippen molar-refractivity contribution in [1.29, 1.82) is 0 Å². The van der Waals surface area contributed by atoms with Crippen LogP contribution in [0.1, 0.15) is 35.2 Å². The standard InChI is InChI=1S/C27H22N8O2/c28-27-32-25-19(24-31-23(33-35(24)27)21-11-6-14-37-21)15-29-34(25)22(17-8-2-1-3-9-17)26(36)30-20-13-12-16-7-4-5-10-18(16)20/h1-11,14-15,20,22H,12-13H2,(H2,28,32)(H,30,36). The molecule has 182 valence electrons. The van der Waals surface area contributed by atoms with Crippen molar-refractivity contribution in [3.8, 4) is 11.6 Å². The van der Waals surface area contributed by atoms with Crippen molar-refractivity contribution < 1.29 is 9.21 Å². The summed E-state index contributed by atoms with van der Waals surface area (Å²) in [5.74, 6) is 0.861. The molecule has 2 atom stereocenters. The highest BCUT2D eigenvalue weighted by Crippen LogP contribution is 2.33. The lowest BCUT2D eigenvalue weighted by Crippen LogP contribution is -2.35. The van der Waals surface area contributed by atoms with Gasteiger partial charge in [0.25, 0.3) is 0 Å². The van der Waals surface area contributed by atoms with Gasteiger partial charge < -0.3 is 15.5 Å². The second-order valence-electron chi connectivity index (χ2n) is 9.06. The Kier molecular flexibility index (Phi) is 4.78. The molecule has 0 fully saturated rings. The second kappa shape index (κ2) is 8.30. The minimum atomic E-state index is -0.756. The summed E-state index contributed by atoms with van der Waals surface area (Å²) in [6, 6.07) is 20.5. The first-order valence-electron chi connectivity index (χ1n) is 12.0. The monoisotopic (exact) mass is 490 g/mol. The number of aromatic nitrogens is 6. The van der Waals surface area contributed by atoms with E-state index < -0.39 is 6.04 Å². The van der Waals surface area contributed by atoms with E-state index in [-0.39, 0.29) is 17.9 Å². The topological polar surface area (TPSA) is 129 Å². The van der Waals surface area contributed by atoms with Crippen LogP contribution in [0.15, 0.2) is 83.6 Å². The van der Waals surface area contributed by atoms with Crippen molar-refractivity contribution >= 4 is 28.5 Å². The first-order chi connectivity index (χ1) is 18.2. The number of nitrogens with one attached hydrogen (secondary N) is 1. The lowest BCUT2D eigenvalue weighted by atomic mass is 10.0. The Morgan fingerprint density at radius 2 is 1.86 bits per heavy atom. The molecule has 4 aromatic heterocycles. The summed E-state index contributed by atoms with van der Waals surface area (Å²) in [7, 11) is 0. The van der Waals surface area contributed by atoms with E-state index >= 15 is 0 Å². The van der Waals surface area contributed by atoms with E-state index in [4.69, 9.17) is 10.2 Å². The van der Waals surface area contributed by atoms with Crippen LogP contribution in [0.4, 0.5) is 5.95 Å². The van der Waals surface area contributed by atoms with Gasteiger partial charge in [0, 0.05) is 0 Å². The van der Waals surface area contributed by atoms with Crippen LogP contribution in [-0.4, -0.2) is 35.3 Å². The average molecular weight is 491 g/mol. The van der Waals surface area contributed by atoms with Crippen LogP contribution in [0.2, 0.25) is 0 Å². The van der Waals surface area contributed by atoms with Gasteiger partial charge in [-0.25, -0.2) is 9.67 Å². The summed E-state index contributed by atoms with van der Waals surface area (Å²) < 4.78 is 8.52. The first kappa shape index (κ1) is 21.3. The largest absolute Gasteiger partial charge is 0.461 e. The number of carbonyl (C=O) groups is 1. The van der Waals surface area contributed by atoms with Crippen molar-refractivity contribution in [2.24, 2.45) is 0 Å². The van der Waals surface area contributed by atoms with Crippen LogP contribution in [0.5, 0.6) is 0 Å². The van der Waals surface area contributed by atoms with Gasteiger partial charge in [0.05, 0.1) is 23.9 Å². The molecule has 1 amide bonds. The molecule has 6 aromatic rings. The highest BCUT2D eigenvalue weighted by atomic mass is 16.3. The zero-order valence-electron chi connectivity index (χ0n) is 19.7. The van der Waals surface area contributed by atoms with E-state index in [1.807, 2.05) is 42.5 Å². The van der Waals surface area contributed by atoms with Gasteiger partial charge in [-0.15, -0.1) is 5.10 Å². The van der Waals surface area contributed by atoms with Gasteiger partial charge in [0.2, 0.25) is 17.7 Å². The number of anilines is 1. The van der Waals surface area contributed by atoms with Crippen molar-refractivity contribution in [2.75, 3.05) is 5.73 Å². The van der Waals surface area contributed by atoms with Crippen molar-refractivity contribution in [3.63, 3.8) is 0 Å². The Balaban J connectivity index is 1.34. The van der Waals surface area contributed by atoms with Crippen molar-refractivity contribution in [1.82, 2.24) is 34.7 Å². The molecular formula is C27H22N8O2. The Bertz CT molecular complexity index is 1750. The van der Waals surface area contributed by atoms with E-state index in [0.29, 0.717) is 28.3 Å². The van der Waals surface area contributed by atoms with Crippen molar-refractivity contribution in [2.45, 2.75) is 24.9 Å². The van der Waals surface area contributed by atoms with Gasteiger partial charge in [0.1, 0.15) is 0 Å². The third-order valence-corrected chi connectivity index (χ3v) is 6.85. The minimum Gasteiger partial charge on any atom is -0.461 e. The van der Waals surface area contributed by atoms with Crippen LogP contribution in [0.3, 0.4) is 0 Å². The number of nitrogens with two attached hydrogens (primary N) is 1. The summed E-state index contributed by atoms with van der Waals surface area (Å²) in [5, 5.41) is 12.9. The fourth-order valence-electron chi connectivity index (χ4n) is 5.12. The number of furan rings is 1. The highest BCUT2D eigenvalue weighted by Gasteiger charge is 2.31. The number of nitrogen functional groups attached to an aromatic ring is 1. The number of aryl methyl sites for hydroxylation is 1. The molecule has 0 bridgehead atoms. The third kappa shape index (κ3) is 3.45. The molecular weight excluding hydrogens is 468 g/mol. The molecule has 7 rings (SSSR count). The molecule has 2 unspecified atom stereocenters. The van der Waals surface area contributed by atoms with Gasteiger partial charge in [0.15, 0.2) is 23.1 Å². The molecule has 37 heavy (non-hydrogen) atoms. The van der Waals surface area contributed by atoms with E-state index in [2.05, 4.69) is 37.6 Å². The number of rotatable bonds is 5. The predicted octanol–water partition coefficient (Wildman–Crippen LogP) is 3.71. The fraction of sp³-hybridized carbons (Fsp3) is 0.148. The number of amides is 1. The predicted molar refractivity (Wildman–Crippen MR) is 136 cm³/mol. The molecule has 0 saturated heterocycles. The number of hydrogen-bond donors (Lipinski definition) is 2. The summed E-state index contributed by atoms with van der Waals surface area (Å²) in [6.45, 7) is 0. The number of fused-ring (bicyclic) bond motifs is 4. The molecule has 3 N–H and O–H groups in total. The molecule has 10 heteroatoms. The van der Waals surface area contributed by atoms with Gasteiger partial charge in [-0.1, -0.05) is 54.6 Å². The molecule has 1 aliphatic rings. The summed E-state index contributed by atoms with van der Waals surface area (Å²) in [5.41, 5.74) is 10.4. The minimum absolute atomic E-state index is 0.0613. The number of hydrogen-bond acceptors (Lipinski definition) is 7. The number of carbonyl (C=O) groups excluding carboxylic acids is 1. The Morgan fingerprint density at radius 1 is 1.03 bits per heavy atom. The second-order valence-corrected chi connectivity index (χ2v) is 9.06. The van der Waals surface area contributed by atoms with E-state index in [0.717, 1.165) is 24.0 Å². The lowest BCUT2D eigenvalue weighted by molar-refractivity contribution is -0.124. The zero-order chi connectivity index (χ0) is 24.9. The summed E-state index contributed by atoms with van der Waals surface area (Å²) >= 11 is 0. The van der Waals surface area contributed by atoms with Crippen LogP contribution in [0.25, 0.3) is 28.3 Å². The third-order valence-electron chi connectivity index (χ3n) is 6.85. The SMILES string of the molecule is Nc1nc2c(cnn2C(C(=O)NC2CCc3ccccc32)c2ccccc2)c2nc(-c3ccco3)nn12. The van der Waals surface area contributed by atoms with Crippen LogP contribution >= 0.6 is 0 Å². The van der Waals surface area contributed by atoms with Gasteiger partial charge in [-0.05, 0) is 41.7 Å². The highest BCUT2D eigenvalue weighted by molar-refractivity contribution is 5.92. The van der Waals surface area contributed by atoms with Crippen molar-refractivity contribution in [3.05, 3.63) is 95.9 Å². The molecule has 0 radical (unpaired) electrons. The van der Waals surface area contributed by atoms with E-state index in [1.54, 1.807) is 29.3 Å². The maximum absolute atomic E-state index is 13.9. The summed E-state index contributed by atoms with van der Waals surface area (Å²) in [6.07, 6.45) is 4.99. The van der Waals surface area contributed by atoms with Crippen LogP contribution in [-0.2, 0) is 11.2 Å². The quantitative estimate of drug-likeness (QED) is 0.377. The summed E-state index contributed by atoms with van der Waals surface area (Å²) in [4.78, 5) is 23.1. The van der Waals surface area contributed by atoms with Gasteiger partial charge in [-0.3, -0.25) is 4.79 Å². The number of benzene rings is 2. The Hall–Kier alpha value is -4.99. The zero-order valence-corrected chi connectivity index (χ0v) is 19.7. The molecule has 10 nitrogen and oxygen atoms in total.